The SMILES string of the molecule is O=C(NC1CCCC1)c1csc([C@H]2C[C@@H]2NC2CCC2)c1. The van der Waals surface area contributed by atoms with Gasteiger partial charge in [-0.3, -0.25) is 4.79 Å². The van der Waals surface area contributed by atoms with E-state index in [0.29, 0.717) is 18.0 Å². The molecule has 0 bridgehead atoms. The molecule has 4 heteroatoms. The zero-order valence-corrected chi connectivity index (χ0v) is 13.3. The molecule has 0 spiro atoms. The summed E-state index contributed by atoms with van der Waals surface area (Å²) in [6.07, 6.45) is 10.2. The van der Waals surface area contributed by atoms with Gasteiger partial charge in [0.1, 0.15) is 0 Å². The van der Waals surface area contributed by atoms with Crippen molar-refractivity contribution in [1.29, 1.82) is 0 Å². The highest BCUT2D eigenvalue weighted by Crippen LogP contribution is 2.44. The number of thiophene rings is 1. The fourth-order valence-corrected chi connectivity index (χ4v) is 4.64. The van der Waals surface area contributed by atoms with Gasteiger partial charge >= 0.3 is 0 Å². The standard InChI is InChI=1S/C17H24N2OS/c20-17(19-13-4-1-2-5-13)11-8-16(21-10-11)14-9-15(14)18-12-6-3-7-12/h8,10,12-15,18H,1-7,9H2,(H,19,20)/t14-,15-/m0/s1. The van der Waals surface area contributed by atoms with Crippen LogP contribution in [0.25, 0.3) is 0 Å². The highest BCUT2D eigenvalue weighted by Gasteiger charge is 2.41. The maximum atomic E-state index is 12.3. The molecule has 0 radical (unpaired) electrons. The van der Waals surface area contributed by atoms with Crippen LogP contribution in [0.3, 0.4) is 0 Å². The molecule has 0 aliphatic heterocycles. The van der Waals surface area contributed by atoms with Gasteiger partial charge in [-0.1, -0.05) is 19.3 Å². The minimum atomic E-state index is 0.133. The van der Waals surface area contributed by atoms with Gasteiger partial charge in [-0.25, -0.2) is 0 Å². The zero-order chi connectivity index (χ0) is 14.2. The Labute approximate surface area is 130 Å². The molecule has 2 atom stereocenters. The summed E-state index contributed by atoms with van der Waals surface area (Å²) >= 11 is 1.76. The summed E-state index contributed by atoms with van der Waals surface area (Å²) in [4.78, 5) is 13.6. The third kappa shape index (κ3) is 3.02. The minimum absolute atomic E-state index is 0.133. The molecule has 3 fully saturated rings. The van der Waals surface area contributed by atoms with E-state index >= 15 is 0 Å². The van der Waals surface area contributed by atoms with Crippen molar-refractivity contribution in [3.63, 3.8) is 0 Å². The Bertz CT molecular complexity index is 517. The van der Waals surface area contributed by atoms with Crippen LogP contribution >= 0.6 is 11.3 Å². The van der Waals surface area contributed by atoms with E-state index in [9.17, 15) is 4.79 Å². The molecule has 1 heterocycles. The van der Waals surface area contributed by atoms with E-state index < -0.39 is 0 Å². The molecule has 1 aromatic heterocycles. The van der Waals surface area contributed by atoms with E-state index in [1.165, 1.54) is 43.4 Å². The second-order valence-electron chi connectivity index (χ2n) is 6.94. The number of amides is 1. The predicted octanol–water partition coefficient (Wildman–Crippen LogP) is 3.42. The van der Waals surface area contributed by atoms with E-state index in [0.717, 1.165) is 24.4 Å². The van der Waals surface area contributed by atoms with Gasteiger partial charge < -0.3 is 10.6 Å². The highest BCUT2D eigenvalue weighted by molar-refractivity contribution is 7.10. The van der Waals surface area contributed by atoms with Crippen molar-refractivity contribution in [3.05, 3.63) is 21.9 Å². The summed E-state index contributed by atoms with van der Waals surface area (Å²) in [7, 11) is 0. The Morgan fingerprint density at radius 1 is 1.10 bits per heavy atom. The number of carbonyl (C=O) groups is 1. The molecular weight excluding hydrogens is 280 g/mol. The monoisotopic (exact) mass is 304 g/mol. The van der Waals surface area contributed by atoms with Crippen LogP contribution < -0.4 is 10.6 Å². The summed E-state index contributed by atoms with van der Waals surface area (Å²) in [5.41, 5.74) is 0.871. The van der Waals surface area contributed by atoms with Gasteiger partial charge in [0.2, 0.25) is 0 Å². The topological polar surface area (TPSA) is 41.1 Å². The van der Waals surface area contributed by atoms with Crippen LogP contribution in [0, 0.1) is 0 Å². The molecule has 3 saturated carbocycles. The first-order valence-corrected chi connectivity index (χ1v) is 9.33. The number of carbonyl (C=O) groups excluding carboxylic acids is 1. The average molecular weight is 304 g/mol. The fourth-order valence-electron chi connectivity index (χ4n) is 3.58. The van der Waals surface area contributed by atoms with Gasteiger partial charge in [0.15, 0.2) is 0 Å². The predicted molar refractivity (Wildman–Crippen MR) is 86.0 cm³/mol. The van der Waals surface area contributed by atoms with Crippen LogP contribution in [0.5, 0.6) is 0 Å². The van der Waals surface area contributed by atoms with Gasteiger partial charge in [-0.05, 0) is 38.2 Å². The smallest absolute Gasteiger partial charge is 0.252 e. The van der Waals surface area contributed by atoms with Crippen LogP contribution in [0.4, 0.5) is 0 Å². The highest BCUT2D eigenvalue weighted by atomic mass is 32.1. The maximum absolute atomic E-state index is 12.3. The van der Waals surface area contributed by atoms with Crippen LogP contribution in [0.15, 0.2) is 11.4 Å². The number of nitrogens with one attached hydrogen (secondary N) is 2. The largest absolute Gasteiger partial charge is 0.349 e. The number of rotatable bonds is 5. The van der Waals surface area contributed by atoms with E-state index in [1.54, 1.807) is 11.3 Å². The molecule has 3 aliphatic rings. The van der Waals surface area contributed by atoms with Gasteiger partial charge in [0.05, 0.1) is 5.56 Å². The van der Waals surface area contributed by atoms with Gasteiger partial charge in [-0.15, -0.1) is 11.3 Å². The molecule has 0 aromatic carbocycles. The Balaban J connectivity index is 1.31. The molecule has 4 rings (SSSR count). The lowest BCUT2D eigenvalue weighted by Gasteiger charge is -2.26. The summed E-state index contributed by atoms with van der Waals surface area (Å²) in [6, 6.07) is 3.97. The first-order valence-electron chi connectivity index (χ1n) is 8.45. The molecule has 114 valence electrons. The normalized spacial score (nSPS) is 29.3. The first-order chi connectivity index (χ1) is 10.3. The summed E-state index contributed by atoms with van der Waals surface area (Å²) < 4.78 is 0. The van der Waals surface area contributed by atoms with Crippen LogP contribution in [0.1, 0.15) is 72.5 Å². The molecule has 1 aromatic rings. The number of hydrogen-bond acceptors (Lipinski definition) is 3. The first kappa shape index (κ1) is 13.8. The fraction of sp³-hybridized carbons (Fsp3) is 0.706. The third-order valence-corrected chi connectivity index (χ3v) is 6.35. The van der Waals surface area contributed by atoms with E-state index in [1.807, 2.05) is 5.38 Å². The summed E-state index contributed by atoms with van der Waals surface area (Å²) in [6.45, 7) is 0. The lowest BCUT2D eigenvalue weighted by Crippen LogP contribution is -2.37. The molecule has 21 heavy (non-hydrogen) atoms. The second kappa shape index (κ2) is 5.73. The lowest BCUT2D eigenvalue weighted by molar-refractivity contribution is 0.0938. The number of hydrogen-bond donors (Lipinski definition) is 2. The summed E-state index contributed by atoms with van der Waals surface area (Å²) in [5, 5.41) is 8.96. The Hall–Kier alpha value is -0.870. The third-order valence-electron chi connectivity index (χ3n) is 5.28. The lowest BCUT2D eigenvalue weighted by atomic mass is 9.93. The molecule has 3 aliphatic carbocycles. The molecule has 0 saturated heterocycles. The molecule has 3 nitrogen and oxygen atoms in total. The molecule has 1 amide bonds. The van der Waals surface area contributed by atoms with Crippen LogP contribution in [-0.4, -0.2) is 24.0 Å². The zero-order valence-electron chi connectivity index (χ0n) is 12.4. The van der Waals surface area contributed by atoms with Crippen molar-refractivity contribution in [3.8, 4) is 0 Å². The Morgan fingerprint density at radius 3 is 2.57 bits per heavy atom. The maximum Gasteiger partial charge on any atom is 0.252 e. The van der Waals surface area contributed by atoms with Gasteiger partial charge in [0.25, 0.3) is 5.91 Å². The van der Waals surface area contributed by atoms with E-state index in [4.69, 9.17) is 0 Å². The van der Waals surface area contributed by atoms with Crippen molar-refractivity contribution in [2.45, 2.75) is 75.4 Å². The molecular formula is C17H24N2OS. The second-order valence-corrected chi connectivity index (χ2v) is 7.88. The Morgan fingerprint density at radius 2 is 1.86 bits per heavy atom. The molecule has 0 unspecified atom stereocenters. The van der Waals surface area contributed by atoms with Crippen molar-refractivity contribution >= 4 is 17.2 Å². The summed E-state index contributed by atoms with van der Waals surface area (Å²) in [5.74, 6) is 0.789. The molecule has 2 N–H and O–H groups in total. The van der Waals surface area contributed by atoms with Crippen LogP contribution in [-0.2, 0) is 0 Å². The van der Waals surface area contributed by atoms with E-state index in [2.05, 4.69) is 16.7 Å². The van der Waals surface area contributed by atoms with Crippen molar-refractivity contribution in [2.24, 2.45) is 0 Å². The van der Waals surface area contributed by atoms with Gasteiger partial charge in [0, 0.05) is 34.3 Å². The van der Waals surface area contributed by atoms with Crippen molar-refractivity contribution in [2.75, 3.05) is 0 Å². The quantitative estimate of drug-likeness (QED) is 0.875. The van der Waals surface area contributed by atoms with Gasteiger partial charge in [-0.2, -0.15) is 0 Å². The van der Waals surface area contributed by atoms with Crippen molar-refractivity contribution in [1.82, 2.24) is 10.6 Å². The van der Waals surface area contributed by atoms with Crippen molar-refractivity contribution < 1.29 is 4.79 Å². The van der Waals surface area contributed by atoms with E-state index in [-0.39, 0.29) is 5.91 Å². The van der Waals surface area contributed by atoms with Crippen LogP contribution in [0.2, 0.25) is 0 Å². The Kier molecular flexibility index (Phi) is 3.76. The average Bonchev–Trinajstić information content (AvgIpc) is 2.86. The minimum Gasteiger partial charge on any atom is -0.349 e.